The Hall–Kier alpha value is -1.39. The molecule has 104 valence electrons. The molecule has 0 saturated carbocycles. The van der Waals surface area contributed by atoms with Gasteiger partial charge in [0.25, 0.3) is 5.91 Å². The smallest absolute Gasteiger partial charge is 0.255 e. The van der Waals surface area contributed by atoms with E-state index in [0.29, 0.717) is 22.5 Å². The van der Waals surface area contributed by atoms with Crippen LogP contribution in [-0.4, -0.2) is 12.5 Å². The molecule has 0 unspecified atom stereocenters. The first-order valence-corrected chi connectivity index (χ1v) is 7.21. The Morgan fingerprint density at radius 3 is 2.55 bits per heavy atom. The summed E-state index contributed by atoms with van der Waals surface area (Å²) in [5, 5.41) is 3.38. The lowest BCUT2D eigenvalue weighted by atomic mass is 10.1. The maximum absolute atomic E-state index is 13.6. The van der Waals surface area contributed by atoms with Gasteiger partial charge >= 0.3 is 0 Å². The van der Waals surface area contributed by atoms with E-state index in [9.17, 15) is 9.18 Å². The molecule has 20 heavy (non-hydrogen) atoms. The highest BCUT2D eigenvalue weighted by Crippen LogP contribution is 2.19. The van der Waals surface area contributed by atoms with Gasteiger partial charge in [0.1, 0.15) is 5.82 Å². The minimum absolute atomic E-state index is 0.0311. The number of carbonyl (C=O) groups excluding carboxylic acids is 1. The summed E-state index contributed by atoms with van der Waals surface area (Å²) < 4.78 is 14.0. The Balaban J connectivity index is 1.94. The number of amides is 1. The molecule has 1 N–H and O–H groups in total. The standard InChI is InChI=1S/C15H12BrClFNO/c16-12-2-1-3-13(18)14(12)15(20)19-9-8-10-4-6-11(17)7-5-10/h1-7H,8-9H2,(H,19,20). The van der Waals surface area contributed by atoms with E-state index < -0.39 is 11.7 Å². The van der Waals surface area contributed by atoms with E-state index >= 15 is 0 Å². The van der Waals surface area contributed by atoms with Gasteiger partial charge in [-0.05, 0) is 52.2 Å². The second kappa shape index (κ2) is 6.86. The lowest BCUT2D eigenvalue weighted by Gasteiger charge is -2.08. The van der Waals surface area contributed by atoms with Gasteiger partial charge in [-0.2, -0.15) is 0 Å². The summed E-state index contributed by atoms with van der Waals surface area (Å²) in [6.45, 7) is 0.432. The highest BCUT2D eigenvalue weighted by molar-refractivity contribution is 9.10. The van der Waals surface area contributed by atoms with Gasteiger partial charge in [-0.15, -0.1) is 0 Å². The molecule has 0 spiro atoms. The average molecular weight is 357 g/mol. The van der Waals surface area contributed by atoms with Crippen LogP contribution in [0.4, 0.5) is 4.39 Å². The monoisotopic (exact) mass is 355 g/mol. The van der Waals surface area contributed by atoms with Crippen molar-refractivity contribution < 1.29 is 9.18 Å². The van der Waals surface area contributed by atoms with Crippen LogP contribution in [0.15, 0.2) is 46.9 Å². The normalized spacial score (nSPS) is 10.3. The van der Waals surface area contributed by atoms with E-state index in [2.05, 4.69) is 21.2 Å². The lowest BCUT2D eigenvalue weighted by Crippen LogP contribution is -2.26. The molecule has 2 aromatic carbocycles. The first-order valence-electron chi connectivity index (χ1n) is 6.04. The number of rotatable bonds is 4. The van der Waals surface area contributed by atoms with E-state index in [4.69, 9.17) is 11.6 Å². The first-order chi connectivity index (χ1) is 9.58. The fourth-order valence-corrected chi connectivity index (χ4v) is 2.42. The summed E-state index contributed by atoms with van der Waals surface area (Å²) in [6, 6.07) is 11.8. The molecular formula is C15H12BrClFNO. The molecule has 0 radical (unpaired) electrons. The molecule has 0 atom stereocenters. The highest BCUT2D eigenvalue weighted by atomic mass is 79.9. The Bertz CT molecular complexity index is 596. The Morgan fingerprint density at radius 2 is 1.90 bits per heavy atom. The van der Waals surface area contributed by atoms with Crippen LogP contribution in [0.3, 0.4) is 0 Å². The molecule has 2 nitrogen and oxygen atoms in total. The maximum atomic E-state index is 13.6. The van der Waals surface area contributed by atoms with E-state index in [1.165, 1.54) is 6.07 Å². The average Bonchev–Trinajstić information content (AvgIpc) is 2.41. The van der Waals surface area contributed by atoms with E-state index in [0.717, 1.165) is 5.56 Å². The number of hydrogen-bond acceptors (Lipinski definition) is 1. The molecular weight excluding hydrogens is 345 g/mol. The van der Waals surface area contributed by atoms with Gasteiger partial charge in [-0.3, -0.25) is 4.79 Å². The van der Waals surface area contributed by atoms with E-state index in [1.54, 1.807) is 24.3 Å². The topological polar surface area (TPSA) is 29.1 Å². The number of nitrogens with one attached hydrogen (secondary N) is 1. The van der Waals surface area contributed by atoms with Crippen LogP contribution >= 0.6 is 27.5 Å². The number of benzene rings is 2. The molecule has 0 aromatic heterocycles. The first kappa shape index (κ1) is 15.0. The Kier molecular flexibility index (Phi) is 5.15. The van der Waals surface area contributed by atoms with Gasteiger partial charge in [0.05, 0.1) is 5.56 Å². The lowest BCUT2D eigenvalue weighted by molar-refractivity contribution is 0.0949. The van der Waals surface area contributed by atoms with Gasteiger partial charge in [0.15, 0.2) is 0 Å². The van der Waals surface area contributed by atoms with Crippen molar-refractivity contribution in [1.29, 1.82) is 0 Å². The number of hydrogen-bond donors (Lipinski definition) is 1. The molecule has 1 amide bonds. The third-order valence-electron chi connectivity index (χ3n) is 2.80. The van der Waals surface area contributed by atoms with Gasteiger partial charge < -0.3 is 5.32 Å². The third-order valence-corrected chi connectivity index (χ3v) is 3.72. The van der Waals surface area contributed by atoms with Crippen molar-refractivity contribution in [3.63, 3.8) is 0 Å². The zero-order valence-corrected chi connectivity index (χ0v) is 12.8. The van der Waals surface area contributed by atoms with Crippen LogP contribution in [0.1, 0.15) is 15.9 Å². The minimum atomic E-state index is -0.539. The van der Waals surface area contributed by atoms with Gasteiger partial charge in [0, 0.05) is 16.0 Å². The van der Waals surface area contributed by atoms with Gasteiger partial charge in [0.2, 0.25) is 0 Å². The maximum Gasteiger partial charge on any atom is 0.255 e. The second-order valence-corrected chi connectivity index (χ2v) is 5.52. The van der Waals surface area contributed by atoms with Crippen LogP contribution in [0.25, 0.3) is 0 Å². The summed E-state index contributed by atoms with van der Waals surface area (Å²) in [6.07, 6.45) is 0.662. The summed E-state index contributed by atoms with van der Waals surface area (Å²) in [7, 11) is 0. The minimum Gasteiger partial charge on any atom is -0.352 e. The molecule has 0 aliphatic rings. The van der Waals surface area contributed by atoms with Crippen LogP contribution in [0.5, 0.6) is 0 Å². The van der Waals surface area contributed by atoms with Crippen LogP contribution in [-0.2, 0) is 6.42 Å². The fraction of sp³-hybridized carbons (Fsp3) is 0.133. The SMILES string of the molecule is O=C(NCCc1ccc(Cl)cc1)c1c(F)cccc1Br. The molecule has 0 aliphatic carbocycles. The van der Waals surface area contributed by atoms with Crippen LogP contribution in [0.2, 0.25) is 5.02 Å². The Labute approximate surface area is 130 Å². The fourth-order valence-electron chi connectivity index (χ4n) is 1.77. The highest BCUT2D eigenvalue weighted by Gasteiger charge is 2.14. The summed E-state index contributed by atoms with van der Waals surface area (Å²) in [4.78, 5) is 11.9. The zero-order chi connectivity index (χ0) is 14.5. The van der Waals surface area contributed by atoms with Crippen molar-refractivity contribution >= 4 is 33.4 Å². The van der Waals surface area contributed by atoms with E-state index in [-0.39, 0.29) is 5.56 Å². The van der Waals surface area contributed by atoms with Crippen molar-refractivity contribution in [3.8, 4) is 0 Å². The van der Waals surface area contributed by atoms with Gasteiger partial charge in [-0.25, -0.2) is 4.39 Å². The van der Waals surface area contributed by atoms with E-state index in [1.807, 2.05) is 12.1 Å². The van der Waals surface area contributed by atoms with Crippen molar-refractivity contribution in [1.82, 2.24) is 5.32 Å². The van der Waals surface area contributed by atoms with Crippen LogP contribution < -0.4 is 5.32 Å². The number of halogens is 3. The third kappa shape index (κ3) is 3.81. The summed E-state index contributed by atoms with van der Waals surface area (Å²) >= 11 is 8.97. The molecule has 0 aliphatic heterocycles. The summed E-state index contributed by atoms with van der Waals surface area (Å²) in [5.74, 6) is -0.965. The van der Waals surface area contributed by atoms with Crippen molar-refractivity contribution in [3.05, 3.63) is 68.9 Å². The predicted molar refractivity (Wildman–Crippen MR) is 81.6 cm³/mol. The zero-order valence-electron chi connectivity index (χ0n) is 10.5. The predicted octanol–water partition coefficient (Wildman–Crippen LogP) is 4.21. The largest absolute Gasteiger partial charge is 0.352 e. The molecule has 0 bridgehead atoms. The molecule has 0 fully saturated rings. The number of carbonyl (C=O) groups is 1. The van der Waals surface area contributed by atoms with Crippen molar-refractivity contribution in [2.24, 2.45) is 0 Å². The molecule has 2 aromatic rings. The quantitative estimate of drug-likeness (QED) is 0.873. The van der Waals surface area contributed by atoms with Gasteiger partial charge in [-0.1, -0.05) is 29.8 Å². The second-order valence-electron chi connectivity index (χ2n) is 4.23. The molecule has 0 heterocycles. The molecule has 5 heteroatoms. The molecule has 2 rings (SSSR count). The van der Waals surface area contributed by atoms with Crippen molar-refractivity contribution in [2.75, 3.05) is 6.54 Å². The van der Waals surface area contributed by atoms with Crippen molar-refractivity contribution in [2.45, 2.75) is 6.42 Å². The summed E-state index contributed by atoms with van der Waals surface area (Å²) in [5.41, 5.74) is 1.09. The Morgan fingerprint density at radius 1 is 1.20 bits per heavy atom. The molecule has 0 saturated heterocycles. The van der Waals surface area contributed by atoms with Crippen LogP contribution in [0, 0.1) is 5.82 Å².